The van der Waals surface area contributed by atoms with E-state index in [0.29, 0.717) is 16.8 Å². The topological polar surface area (TPSA) is 74.8 Å². The summed E-state index contributed by atoms with van der Waals surface area (Å²) in [5, 5.41) is 12.3. The smallest absolute Gasteiger partial charge is 0.255 e. The number of aromatic amines is 1. The lowest BCUT2D eigenvalue weighted by Gasteiger charge is -2.09. The minimum atomic E-state index is -0.227. The van der Waals surface area contributed by atoms with E-state index in [1.54, 1.807) is 41.8 Å². The van der Waals surface area contributed by atoms with Crippen LogP contribution < -0.4 is 5.32 Å². The number of nitrogens with zero attached hydrogens (tertiary/aromatic N) is 1. The molecule has 30 heavy (non-hydrogen) atoms. The minimum absolute atomic E-state index is 0.0275. The summed E-state index contributed by atoms with van der Waals surface area (Å²) >= 11 is 1.70. The molecule has 5 rings (SSSR count). The van der Waals surface area contributed by atoms with Crippen LogP contribution in [0, 0.1) is 0 Å². The summed E-state index contributed by atoms with van der Waals surface area (Å²) < 4.78 is 1.21. The molecule has 1 amide bonds. The molecular formula is C24H17N3O2S. The molecule has 0 fully saturated rings. The van der Waals surface area contributed by atoms with Crippen LogP contribution in [0.4, 0.5) is 5.69 Å². The second-order valence-corrected chi connectivity index (χ2v) is 8.18. The number of nitrogens with one attached hydrogen (secondary N) is 2. The quantitative estimate of drug-likeness (QED) is 0.362. The van der Waals surface area contributed by atoms with E-state index < -0.39 is 0 Å². The summed E-state index contributed by atoms with van der Waals surface area (Å²) in [5.74, 6) is -0.254. The molecule has 0 saturated carbocycles. The molecule has 0 radical (unpaired) electrons. The van der Waals surface area contributed by atoms with Crippen molar-refractivity contribution in [3.8, 4) is 10.4 Å². The third-order valence-corrected chi connectivity index (χ3v) is 6.20. The molecule has 0 aliphatic carbocycles. The van der Waals surface area contributed by atoms with Gasteiger partial charge in [-0.15, -0.1) is 11.3 Å². The predicted octanol–water partition coefficient (Wildman–Crippen LogP) is 5.90. The molecule has 0 spiro atoms. The standard InChI is InChI=1S/C24H17N3O2S/c1-14(28)15-6-8-16(9-7-15)24(29)26-19-10-18-13-25-27-23(18)20(12-19)22-11-17-4-2-3-5-21(17)30-22/h2-13H,1H3,(H,25,27)(H,26,29). The lowest BCUT2D eigenvalue weighted by atomic mass is 10.1. The first-order chi connectivity index (χ1) is 14.6. The van der Waals surface area contributed by atoms with Crippen LogP contribution in [0.1, 0.15) is 27.6 Å². The molecule has 3 aromatic carbocycles. The van der Waals surface area contributed by atoms with Crippen molar-refractivity contribution in [1.29, 1.82) is 0 Å². The van der Waals surface area contributed by atoms with Crippen molar-refractivity contribution in [3.05, 3.63) is 84.1 Å². The van der Waals surface area contributed by atoms with E-state index in [4.69, 9.17) is 0 Å². The molecule has 0 bridgehead atoms. The van der Waals surface area contributed by atoms with Crippen LogP contribution in [0.25, 0.3) is 31.4 Å². The molecule has 146 valence electrons. The van der Waals surface area contributed by atoms with Crippen molar-refractivity contribution in [1.82, 2.24) is 10.2 Å². The van der Waals surface area contributed by atoms with E-state index in [1.165, 1.54) is 17.0 Å². The molecule has 0 saturated heterocycles. The first-order valence-corrected chi connectivity index (χ1v) is 10.3. The molecule has 2 aromatic heterocycles. The summed E-state index contributed by atoms with van der Waals surface area (Å²) in [4.78, 5) is 25.3. The maximum absolute atomic E-state index is 12.7. The zero-order chi connectivity index (χ0) is 20.7. The summed E-state index contributed by atoms with van der Waals surface area (Å²) in [6.45, 7) is 1.50. The van der Waals surface area contributed by atoms with Gasteiger partial charge in [0.2, 0.25) is 0 Å². The van der Waals surface area contributed by atoms with Crippen LogP contribution in [-0.2, 0) is 0 Å². The summed E-state index contributed by atoms with van der Waals surface area (Å²) in [5.41, 5.74) is 3.70. The molecule has 2 heterocycles. The number of rotatable bonds is 4. The Balaban J connectivity index is 1.52. The lowest BCUT2D eigenvalue weighted by Crippen LogP contribution is -2.12. The van der Waals surface area contributed by atoms with Crippen molar-refractivity contribution in [3.63, 3.8) is 0 Å². The van der Waals surface area contributed by atoms with Crippen molar-refractivity contribution < 1.29 is 9.59 Å². The van der Waals surface area contributed by atoms with Gasteiger partial charge < -0.3 is 5.32 Å². The van der Waals surface area contributed by atoms with Gasteiger partial charge in [-0.2, -0.15) is 5.10 Å². The molecule has 0 atom stereocenters. The number of aromatic nitrogens is 2. The number of Topliss-reactive ketones (excluding diaryl/α,β-unsaturated/α-hetero) is 1. The number of anilines is 1. The number of amides is 1. The average molecular weight is 411 g/mol. The maximum Gasteiger partial charge on any atom is 0.255 e. The highest BCUT2D eigenvalue weighted by molar-refractivity contribution is 7.22. The van der Waals surface area contributed by atoms with Crippen LogP contribution >= 0.6 is 11.3 Å². The first-order valence-electron chi connectivity index (χ1n) is 9.47. The number of hydrogen-bond acceptors (Lipinski definition) is 4. The van der Waals surface area contributed by atoms with Crippen molar-refractivity contribution in [2.75, 3.05) is 5.32 Å². The Morgan fingerprint density at radius 2 is 1.70 bits per heavy atom. The summed E-state index contributed by atoms with van der Waals surface area (Å²) in [6, 6.07) is 20.9. The van der Waals surface area contributed by atoms with Crippen LogP contribution in [-0.4, -0.2) is 21.9 Å². The van der Waals surface area contributed by atoms with Crippen LogP contribution in [0.3, 0.4) is 0 Å². The number of carbonyl (C=O) groups is 2. The first kappa shape index (κ1) is 18.3. The molecule has 0 aliphatic rings. The van der Waals surface area contributed by atoms with Gasteiger partial charge in [-0.3, -0.25) is 14.7 Å². The van der Waals surface area contributed by atoms with E-state index in [0.717, 1.165) is 21.3 Å². The van der Waals surface area contributed by atoms with Gasteiger partial charge in [0, 0.05) is 37.3 Å². The van der Waals surface area contributed by atoms with Gasteiger partial charge >= 0.3 is 0 Å². The second kappa shape index (κ2) is 7.24. The number of benzene rings is 3. The number of carbonyl (C=O) groups excluding carboxylic acids is 2. The molecule has 5 aromatic rings. The molecule has 2 N–H and O–H groups in total. The van der Waals surface area contributed by atoms with Gasteiger partial charge in [-0.1, -0.05) is 30.3 Å². The number of thiophene rings is 1. The number of ketones is 1. The number of fused-ring (bicyclic) bond motifs is 2. The zero-order valence-corrected chi connectivity index (χ0v) is 16.9. The third-order valence-electron chi connectivity index (χ3n) is 5.05. The molecule has 5 nitrogen and oxygen atoms in total. The Morgan fingerprint density at radius 3 is 2.47 bits per heavy atom. The normalized spacial score (nSPS) is 11.1. The predicted molar refractivity (Wildman–Crippen MR) is 121 cm³/mol. The third kappa shape index (κ3) is 3.27. The molecule has 0 aliphatic heterocycles. The molecule has 0 unspecified atom stereocenters. The largest absolute Gasteiger partial charge is 0.322 e. The molecule has 6 heteroatoms. The Kier molecular flexibility index (Phi) is 4.41. The highest BCUT2D eigenvalue weighted by Gasteiger charge is 2.14. The monoisotopic (exact) mass is 411 g/mol. The minimum Gasteiger partial charge on any atom is -0.322 e. The fourth-order valence-corrected chi connectivity index (χ4v) is 4.58. The van der Waals surface area contributed by atoms with Gasteiger partial charge in [0.15, 0.2) is 5.78 Å². The van der Waals surface area contributed by atoms with Crippen LogP contribution in [0.2, 0.25) is 0 Å². The Bertz CT molecular complexity index is 1380. The van der Waals surface area contributed by atoms with E-state index in [1.807, 2.05) is 24.3 Å². The highest BCUT2D eigenvalue weighted by Crippen LogP contribution is 2.38. The maximum atomic E-state index is 12.7. The number of H-pyrrole nitrogens is 1. The highest BCUT2D eigenvalue weighted by atomic mass is 32.1. The Morgan fingerprint density at radius 1 is 0.933 bits per heavy atom. The number of hydrogen-bond donors (Lipinski definition) is 2. The zero-order valence-electron chi connectivity index (χ0n) is 16.1. The van der Waals surface area contributed by atoms with E-state index >= 15 is 0 Å². The van der Waals surface area contributed by atoms with Gasteiger partial charge in [0.1, 0.15) is 0 Å². The Labute approximate surface area is 176 Å². The van der Waals surface area contributed by atoms with Crippen molar-refractivity contribution in [2.24, 2.45) is 0 Å². The van der Waals surface area contributed by atoms with Crippen molar-refractivity contribution in [2.45, 2.75) is 6.92 Å². The van der Waals surface area contributed by atoms with E-state index in [9.17, 15) is 9.59 Å². The van der Waals surface area contributed by atoms with Crippen LogP contribution in [0.5, 0.6) is 0 Å². The van der Waals surface area contributed by atoms with Gasteiger partial charge in [-0.05, 0) is 48.7 Å². The fraction of sp³-hybridized carbons (Fsp3) is 0.0417. The van der Waals surface area contributed by atoms with Crippen molar-refractivity contribution >= 4 is 49.7 Å². The van der Waals surface area contributed by atoms with Gasteiger partial charge in [0.05, 0.1) is 11.7 Å². The second-order valence-electron chi connectivity index (χ2n) is 7.09. The fourth-order valence-electron chi connectivity index (χ4n) is 3.50. The van der Waals surface area contributed by atoms with Gasteiger partial charge in [-0.25, -0.2) is 0 Å². The van der Waals surface area contributed by atoms with E-state index in [-0.39, 0.29) is 11.7 Å². The Hall–Kier alpha value is -3.77. The lowest BCUT2D eigenvalue weighted by molar-refractivity contribution is 0.101. The van der Waals surface area contributed by atoms with Gasteiger partial charge in [0.25, 0.3) is 5.91 Å². The molecular weight excluding hydrogens is 394 g/mol. The summed E-state index contributed by atoms with van der Waals surface area (Å²) in [6.07, 6.45) is 1.75. The van der Waals surface area contributed by atoms with E-state index in [2.05, 4.69) is 33.7 Å². The van der Waals surface area contributed by atoms with Crippen LogP contribution in [0.15, 0.2) is 72.9 Å². The SMILES string of the molecule is CC(=O)c1ccc(C(=O)Nc2cc(-c3cc4ccccc4s3)c3[nH]ncc3c2)cc1. The average Bonchev–Trinajstić information content (AvgIpc) is 3.40. The summed E-state index contributed by atoms with van der Waals surface area (Å²) in [7, 11) is 0.